The Morgan fingerprint density at radius 2 is 2.21 bits per heavy atom. The zero-order valence-corrected chi connectivity index (χ0v) is 12.0. The van der Waals surface area contributed by atoms with Crippen molar-refractivity contribution in [2.24, 2.45) is 5.92 Å². The number of benzene rings is 1. The third-order valence-electron chi connectivity index (χ3n) is 2.53. The van der Waals surface area contributed by atoms with Crippen LogP contribution < -0.4 is 10.1 Å². The minimum Gasteiger partial charge on any atom is -0.496 e. The molecule has 1 aromatic rings. The molecule has 19 heavy (non-hydrogen) atoms. The number of nitrogens with zero attached hydrogens (tertiary/aromatic N) is 1. The van der Waals surface area contributed by atoms with E-state index in [9.17, 15) is 10.1 Å². The van der Waals surface area contributed by atoms with Crippen LogP contribution in [0.25, 0.3) is 0 Å². The van der Waals surface area contributed by atoms with Crippen LogP contribution in [0.2, 0.25) is 5.02 Å². The second-order valence-electron chi connectivity index (χ2n) is 4.61. The van der Waals surface area contributed by atoms with Crippen molar-refractivity contribution in [3.63, 3.8) is 0 Å². The first-order valence-electron chi connectivity index (χ1n) is 6.00. The van der Waals surface area contributed by atoms with Gasteiger partial charge in [0.05, 0.1) is 13.2 Å². The minimum atomic E-state index is -0.764. The molecule has 0 saturated carbocycles. The third-order valence-corrected chi connectivity index (χ3v) is 2.77. The number of ether oxygens (including phenoxy) is 1. The van der Waals surface area contributed by atoms with Gasteiger partial charge in [0.2, 0.25) is 5.91 Å². The van der Waals surface area contributed by atoms with E-state index >= 15 is 0 Å². The molecule has 4 nitrogen and oxygen atoms in total. The molecule has 0 spiro atoms. The zero-order chi connectivity index (χ0) is 14.4. The minimum absolute atomic E-state index is 0.163. The first kappa shape index (κ1) is 15.3. The molecule has 1 unspecified atom stereocenters. The van der Waals surface area contributed by atoms with Crippen LogP contribution in [-0.2, 0) is 4.79 Å². The van der Waals surface area contributed by atoms with Crippen LogP contribution in [0.15, 0.2) is 18.2 Å². The van der Waals surface area contributed by atoms with Crippen molar-refractivity contribution in [3.8, 4) is 11.8 Å². The van der Waals surface area contributed by atoms with Crippen molar-refractivity contribution in [2.45, 2.75) is 26.3 Å². The van der Waals surface area contributed by atoms with Crippen LogP contribution in [0.4, 0.5) is 0 Å². The molecule has 102 valence electrons. The Labute approximate surface area is 118 Å². The van der Waals surface area contributed by atoms with Crippen LogP contribution in [0.5, 0.6) is 5.75 Å². The number of halogens is 1. The Morgan fingerprint density at radius 3 is 2.74 bits per heavy atom. The lowest BCUT2D eigenvalue weighted by atomic mass is 10.1. The van der Waals surface area contributed by atoms with Gasteiger partial charge in [0.1, 0.15) is 11.8 Å². The number of rotatable bonds is 5. The van der Waals surface area contributed by atoms with Crippen molar-refractivity contribution in [1.29, 1.82) is 5.26 Å². The molecule has 1 atom stereocenters. The molecule has 0 radical (unpaired) electrons. The van der Waals surface area contributed by atoms with Gasteiger partial charge in [0.25, 0.3) is 0 Å². The van der Waals surface area contributed by atoms with Gasteiger partial charge in [-0.3, -0.25) is 4.79 Å². The predicted octanol–water partition coefficient (Wildman–Crippen LogP) is 3.08. The van der Waals surface area contributed by atoms with Crippen LogP contribution >= 0.6 is 11.6 Å². The van der Waals surface area contributed by atoms with Gasteiger partial charge < -0.3 is 10.1 Å². The van der Waals surface area contributed by atoms with Crippen LogP contribution in [0.1, 0.15) is 31.9 Å². The number of amides is 1. The maximum atomic E-state index is 11.7. The Kier molecular flexibility index (Phi) is 5.65. The summed E-state index contributed by atoms with van der Waals surface area (Å²) in [6.45, 7) is 3.89. The molecule has 0 aliphatic carbocycles. The van der Waals surface area contributed by atoms with Gasteiger partial charge in [-0.15, -0.1) is 0 Å². The highest BCUT2D eigenvalue weighted by Crippen LogP contribution is 2.28. The Hall–Kier alpha value is -1.73. The summed E-state index contributed by atoms with van der Waals surface area (Å²) in [5, 5.41) is 12.4. The first-order chi connectivity index (χ1) is 8.97. The summed E-state index contributed by atoms with van der Waals surface area (Å²) in [6.07, 6.45) is 0.376. The number of carbonyl (C=O) groups is 1. The number of nitrogens with one attached hydrogen (secondary N) is 1. The summed E-state index contributed by atoms with van der Waals surface area (Å²) in [4.78, 5) is 11.7. The number of hydrogen-bond donors (Lipinski definition) is 1. The van der Waals surface area contributed by atoms with Gasteiger partial charge in [-0.2, -0.15) is 5.26 Å². The van der Waals surface area contributed by atoms with E-state index in [1.165, 1.54) is 7.11 Å². The van der Waals surface area contributed by atoms with E-state index in [0.717, 1.165) is 0 Å². The maximum Gasteiger partial charge on any atom is 0.221 e. The van der Waals surface area contributed by atoms with Gasteiger partial charge >= 0.3 is 0 Å². The lowest BCUT2D eigenvalue weighted by Crippen LogP contribution is -2.28. The molecular weight excluding hydrogens is 264 g/mol. The third kappa shape index (κ3) is 4.46. The van der Waals surface area contributed by atoms with Gasteiger partial charge in [0, 0.05) is 17.0 Å². The smallest absolute Gasteiger partial charge is 0.221 e. The number of carbonyl (C=O) groups excluding carboxylic acids is 1. The summed E-state index contributed by atoms with van der Waals surface area (Å²) in [5.74, 6) is 0.602. The van der Waals surface area contributed by atoms with E-state index in [-0.39, 0.29) is 11.8 Å². The standard InChI is InChI=1S/C14H17ClN2O2/c1-9(2)6-14(18)17-12(8-16)11-7-10(15)4-5-13(11)19-3/h4-5,7,9,12H,6H2,1-3H3,(H,17,18). The molecule has 0 aliphatic heterocycles. The highest BCUT2D eigenvalue weighted by atomic mass is 35.5. The van der Waals surface area contributed by atoms with Gasteiger partial charge in [0.15, 0.2) is 0 Å². The SMILES string of the molecule is COc1ccc(Cl)cc1C(C#N)NC(=O)CC(C)C. The van der Waals surface area contributed by atoms with E-state index in [0.29, 0.717) is 22.8 Å². The number of methoxy groups -OCH3 is 1. The molecule has 0 aliphatic rings. The van der Waals surface area contributed by atoms with Gasteiger partial charge in [-0.1, -0.05) is 25.4 Å². The normalized spacial score (nSPS) is 11.8. The molecule has 0 fully saturated rings. The molecule has 1 aromatic carbocycles. The van der Waals surface area contributed by atoms with Gasteiger partial charge in [-0.25, -0.2) is 0 Å². The first-order valence-corrected chi connectivity index (χ1v) is 6.38. The maximum absolute atomic E-state index is 11.7. The van der Waals surface area contributed by atoms with Crippen LogP contribution in [0.3, 0.4) is 0 Å². The molecule has 0 bridgehead atoms. The average Bonchev–Trinajstić information content (AvgIpc) is 2.35. The number of nitriles is 1. The molecule has 0 aromatic heterocycles. The lowest BCUT2D eigenvalue weighted by Gasteiger charge is -2.16. The highest BCUT2D eigenvalue weighted by Gasteiger charge is 2.18. The monoisotopic (exact) mass is 280 g/mol. The van der Waals surface area contributed by atoms with Crippen molar-refractivity contribution in [1.82, 2.24) is 5.32 Å². The Balaban J connectivity index is 2.94. The topological polar surface area (TPSA) is 62.1 Å². The zero-order valence-electron chi connectivity index (χ0n) is 11.2. The van der Waals surface area contributed by atoms with E-state index in [1.807, 2.05) is 13.8 Å². The van der Waals surface area contributed by atoms with Crippen LogP contribution in [-0.4, -0.2) is 13.0 Å². The molecule has 0 heterocycles. The van der Waals surface area contributed by atoms with E-state index < -0.39 is 6.04 Å². The second kappa shape index (κ2) is 7.01. The fourth-order valence-corrected chi connectivity index (χ4v) is 1.88. The number of hydrogen-bond acceptors (Lipinski definition) is 3. The molecule has 1 rings (SSSR count). The van der Waals surface area contributed by atoms with Crippen molar-refractivity contribution in [2.75, 3.05) is 7.11 Å². The summed E-state index contributed by atoms with van der Waals surface area (Å²) >= 11 is 5.92. The summed E-state index contributed by atoms with van der Waals surface area (Å²) in [7, 11) is 1.51. The second-order valence-corrected chi connectivity index (χ2v) is 5.05. The fourth-order valence-electron chi connectivity index (χ4n) is 1.70. The largest absolute Gasteiger partial charge is 0.496 e. The molecule has 1 amide bonds. The van der Waals surface area contributed by atoms with Crippen molar-refractivity contribution in [3.05, 3.63) is 28.8 Å². The predicted molar refractivity (Wildman–Crippen MR) is 74.0 cm³/mol. The lowest BCUT2D eigenvalue weighted by molar-refractivity contribution is -0.122. The quantitative estimate of drug-likeness (QED) is 0.901. The van der Waals surface area contributed by atoms with Crippen LogP contribution in [0, 0.1) is 17.2 Å². The van der Waals surface area contributed by atoms with E-state index in [2.05, 4.69) is 11.4 Å². The van der Waals surface area contributed by atoms with E-state index in [4.69, 9.17) is 16.3 Å². The Morgan fingerprint density at radius 1 is 1.53 bits per heavy atom. The fraction of sp³-hybridized carbons (Fsp3) is 0.429. The summed E-state index contributed by atoms with van der Waals surface area (Å²) in [6, 6.07) is 6.27. The molecular formula is C14H17ClN2O2. The van der Waals surface area contributed by atoms with E-state index in [1.54, 1.807) is 18.2 Å². The average molecular weight is 281 g/mol. The Bertz CT molecular complexity index is 495. The highest BCUT2D eigenvalue weighted by molar-refractivity contribution is 6.30. The molecule has 0 saturated heterocycles. The molecule has 5 heteroatoms. The summed E-state index contributed by atoms with van der Waals surface area (Å²) < 4.78 is 5.18. The summed E-state index contributed by atoms with van der Waals surface area (Å²) in [5.41, 5.74) is 0.564. The van der Waals surface area contributed by atoms with Crippen molar-refractivity contribution >= 4 is 17.5 Å². The van der Waals surface area contributed by atoms with Crippen molar-refractivity contribution < 1.29 is 9.53 Å². The van der Waals surface area contributed by atoms with Gasteiger partial charge in [-0.05, 0) is 24.1 Å². The molecule has 1 N–H and O–H groups in total.